The quantitative estimate of drug-likeness (QED) is 0.693. The molecule has 100 valence electrons. The summed E-state index contributed by atoms with van der Waals surface area (Å²) in [7, 11) is 0. The second-order valence-corrected chi connectivity index (χ2v) is 4.81. The molecule has 0 aliphatic heterocycles. The Morgan fingerprint density at radius 2 is 2.00 bits per heavy atom. The first-order valence-electron chi connectivity index (χ1n) is 6.20. The Kier molecular flexibility index (Phi) is 5.31. The average Bonchev–Trinajstić information content (AvgIpc) is 2.30. The molecule has 0 aromatic heterocycles. The van der Waals surface area contributed by atoms with Crippen LogP contribution in [0, 0.1) is 0 Å². The van der Waals surface area contributed by atoms with Crippen LogP contribution in [0.25, 0.3) is 0 Å². The van der Waals surface area contributed by atoms with Gasteiger partial charge in [0.2, 0.25) is 0 Å². The van der Waals surface area contributed by atoms with E-state index in [0.29, 0.717) is 12.0 Å². The smallest absolute Gasteiger partial charge is 0.325 e. The number of carboxylic acid groups (broad SMARTS) is 1. The van der Waals surface area contributed by atoms with Crippen molar-refractivity contribution < 1.29 is 15.0 Å². The van der Waals surface area contributed by atoms with Gasteiger partial charge < -0.3 is 10.2 Å². The van der Waals surface area contributed by atoms with Crippen LogP contribution in [0.2, 0.25) is 0 Å². The van der Waals surface area contributed by atoms with Gasteiger partial charge >= 0.3 is 5.97 Å². The standard InChI is InChI=1S/C14H21NO3/c1-3-9-14(2,18)10-15-12(13(16)17)11-7-5-4-6-8-11/h4-8,12,15,18H,3,9-10H2,1-2H3,(H,16,17). The molecule has 1 aromatic carbocycles. The summed E-state index contributed by atoms with van der Waals surface area (Å²) in [5, 5.41) is 22.2. The van der Waals surface area contributed by atoms with E-state index in [1.54, 1.807) is 31.2 Å². The van der Waals surface area contributed by atoms with Crippen LogP contribution in [0.4, 0.5) is 0 Å². The second-order valence-electron chi connectivity index (χ2n) is 4.81. The van der Waals surface area contributed by atoms with Crippen molar-refractivity contribution in [3.05, 3.63) is 35.9 Å². The topological polar surface area (TPSA) is 69.6 Å². The van der Waals surface area contributed by atoms with E-state index in [0.717, 1.165) is 6.42 Å². The van der Waals surface area contributed by atoms with E-state index in [4.69, 9.17) is 0 Å². The van der Waals surface area contributed by atoms with Crippen molar-refractivity contribution >= 4 is 5.97 Å². The Balaban J connectivity index is 2.69. The first-order valence-corrected chi connectivity index (χ1v) is 6.20. The van der Waals surface area contributed by atoms with Gasteiger partial charge in [-0.15, -0.1) is 0 Å². The maximum atomic E-state index is 11.2. The molecule has 0 saturated carbocycles. The van der Waals surface area contributed by atoms with Crippen molar-refractivity contribution in [1.82, 2.24) is 5.32 Å². The zero-order valence-electron chi connectivity index (χ0n) is 10.9. The molecule has 0 aliphatic carbocycles. The molecule has 2 atom stereocenters. The van der Waals surface area contributed by atoms with Crippen molar-refractivity contribution in [1.29, 1.82) is 0 Å². The summed E-state index contributed by atoms with van der Waals surface area (Å²) in [4.78, 5) is 11.2. The molecule has 0 bridgehead atoms. The number of rotatable bonds is 7. The molecule has 4 heteroatoms. The second kappa shape index (κ2) is 6.52. The van der Waals surface area contributed by atoms with Gasteiger partial charge in [0.05, 0.1) is 5.60 Å². The van der Waals surface area contributed by atoms with Crippen molar-refractivity contribution in [2.24, 2.45) is 0 Å². The Bertz CT molecular complexity index is 376. The predicted octanol–water partition coefficient (Wildman–Crippen LogP) is 1.95. The summed E-state index contributed by atoms with van der Waals surface area (Å²) in [5.74, 6) is -0.937. The number of aliphatic carboxylic acids is 1. The molecule has 18 heavy (non-hydrogen) atoms. The molecule has 4 nitrogen and oxygen atoms in total. The highest BCUT2D eigenvalue weighted by Gasteiger charge is 2.24. The summed E-state index contributed by atoms with van der Waals surface area (Å²) < 4.78 is 0. The van der Waals surface area contributed by atoms with Crippen LogP contribution in [0.15, 0.2) is 30.3 Å². The summed E-state index contributed by atoms with van der Waals surface area (Å²) in [6.07, 6.45) is 1.50. The van der Waals surface area contributed by atoms with Gasteiger partial charge in [-0.25, -0.2) is 0 Å². The van der Waals surface area contributed by atoms with Gasteiger partial charge in [0, 0.05) is 6.54 Å². The van der Waals surface area contributed by atoms with E-state index < -0.39 is 17.6 Å². The van der Waals surface area contributed by atoms with Gasteiger partial charge in [-0.05, 0) is 18.9 Å². The molecule has 3 N–H and O–H groups in total. The van der Waals surface area contributed by atoms with Gasteiger partial charge in [-0.2, -0.15) is 0 Å². The number of hydrogen-bond acceptors (Lipinski definition) is 3. The SMILES string of the molecule is CCCC(C)(O)CNC(C(=O)O)c1ccccc1. The zero-order valence-corrected chi connectivity index (χ0v) is 10.9. The molecule has 1 rings (SSSR count). The summed E-state index contributed by atoms with van der Waals surface area (Å²) in [5.41, 5.74) is -0.186. The largest absolute Gasteiger partial charge is 0.480 e. The fourth-order valence-corrected chi connectivity index (χ4v) is 1.94. The van der Waals surface area contributed by atoms with Crippen LogP contribution in [0.5, 0.6) is 0 Å². The Morgan fingerprint density at radius 1 is 1.39 bits per heavy atom. The molecule has 0 saturated heterocycles. The van der Waals surface area contributed by atoms with Crippen molar-refractivity contribution in [2.75, 3.05) is 6.54 Å². The maximum absolute atomic E-state index is 11.2. The number of carboxylic acids is 1. The lowest BCUT2D eigenvalue weighted by atomic mass is 9.99. The molecule has 2 unspecified atom stereocenters. The van der Waals surface area contributed by atoms with Gasteiger partial charge in [0.15, 0.2) is 0 Å². The number of carbonyl (C=O) groups is 1. The van der Waals surface area contributed by atoms with Crippen molar-refractivity contribution in [2.45, 2.75) is 38.3 Å². The van der Waals surface area contributed by atoms with E-state index in [9.17, 15) is 15.0 Å². The highest BCUT2D eigenvalue weighted by Crippen LogP contribution is 2.16. The minimum atomic E-state index is -0.937. The molecule has 0 amide bonds. The van der Waals surface area contributed by atoms with Gasteiger partial charge in [0.1, 0.15) is 6.04 Å². The van der Waals surface area contributed by atoms with Crippen molar-refractivity contribution in [3.63, 3.8) is 0 Å². The summed E-state index contributed by atoms with van der Waals surface area (Å²) >= 11 is 0. The minimum absolute atomic E-state index is 0.257. The number of aliphatic hydroxyl groups is 1. The van der Waals surface area contributed by atoms with E-state index in [-0.39, 0.29) is 6.54 Å². The summed E-state index contributed by atoms with van der Waals surface area (Å²) in [6.45, 7) is 3.96. The average molecular weight is 251 g/mol. The van der Waals surface area contributed by atoms with Crippen LogP contribution in [0.1, 0.15) is 38.3 Å². The van der Waals surface area contributed by atoms with E-state index in [1.807, 2.05) is 13.0 Å². The van der Waals surface area contributed by atoms with Gasteiger partial charge in [0.25, 0.3) is 0 Å². The number of benzene rings is 1. The Morgan fingerprint density at radius 3 is 2.50 bits per heavy atom. The lowest BCUT2D eigenvalue weighted by Crippen LogP contribution is -2.41. The Hall–Kier alpha value is -1.39. The van der Waals surface area contributed by atoms with Gasteiger partial charge in [-0.3, -0.25) is 10.1 Å². The minimum Gasteiger partial charge on any atom is -0.480 e. The lowest BCUT2D eigenvalue weighted by molar-refractivity contribution is -0.139. The third-order valence-electron chi connectivity index (χ3n) is 2.86. The fourth-order valence-electron chi connectivity index (χ4n) is 1.94. The fraction of sp³-hybridized carbons (Fsp3) is 0.500. The van der Waals surface area contributed by atoms with Crippen LogP contribution >= 0.6 is 0 Å². The van der Waals surface area contributed by atoms with Crippen molar-refractivity contribution in [3.8, 4) is 0 Å². The lowest BCUT2D eigenvalue weighted by Gasteiger charge is -2.25. The Labute approximate surface area is 108 Å². The molecular formula is C14H21NO3. The normalized spacial score (nSPS) is 15.9. The first kappa shape index (κ1) is 14.7. The van der Waals surface area contributed by atoms with E-state index in [2.05, 4.69) is 5.32 Å². The van der Waals surface area contributed by atoms with E-state index in [1.165, 1.54) is 0 Å². The molecule has 0 aliphatic rings. The first-order chi connectivity index (χ1) is 8.46. The van der Waals surface area contributed by atoms with Crippen LogP contribution in [0.3, 0.4) is 0 Å². The van der Waals surface area contributed by atoms with E-state index >= 15 is 0 Å². The molecule has 0 heterocycles. The van der Waals surface area contributed by atoms with Crippen LogP contribution < -0.4 is 5.32 Å². The third-order valence-corrected chi connectivity index (χ3v) is 2.86. The van der Waals surface area contributed by atoms with Crippen LogP contribution in [-0.4, -0.2) is 28.3 Å². The molecule has 0 radical (unpaired) electrons. The van der Waals surface area contributed by atoms with Gasteiger partial charge in [-0.1, -0.05) is 43.7 Å². The number of hydrogen-bond donors (Lipinski definition) is 3. The molecule has 1 aromatic rings. The maximum Gasteiger partial charge on any atom is 0.325 e. The summed E-state index contributed by atoms with van der Waals surface area (Å²) in [6, 6.07) is 8.19. The molecule has 0 spiro atoms. The van der Waals surface area contributed by atoms with Crippen LogP contribution in [-0.2, 0) is 4.79 Å². The third kappa shape index (κ3) is 4.47. The highest BCUT2D eigenvalue weighted by atomic mass is 16.4. The predicted molar refractivity (Wildman–Crippen MR) is 70.4 cm³/mol. The number of nitrogens with one attached hydrogen (secondary N) is 1. The zero-order chi connectivity index (χ0) is 13.6. The molecular weight excluding hydrogens is 230 g/mol. The monoisotopic (exact) mass is 251 g/mol. The highest BCUT2D eigenvalue weighted by molar-refractivity contribution is 5.75. The molecule has 0 fully saturated rings.